The van der Waals surface area contributed by atoms with Gasteiger partial charge in [0, 0.05) is 70.8 Å². The van der Waals surface area contributed by atoms with Crippen molar-refractivity contribution >= 4 is 37.2 Å². The van der Waals surface area contributed by atoms with Crippen LogP contribution in [0.3, 0.4) is 0 Å². The molecule has 0 saturated heterocycles. The SMILES string of the molecule is F[P-](F)(F)(F)(F)F.F[P-](F)(F)(F)(F)F.[Br-].[Br-].c1cc2cc3ccc2cc1OCCOCCOCCOCCOc1ccc2ccc(cc2c1)OCCOCCOCCOCCO3.c1cc2ccc1C[n+]1ccc(cc1)-c1cc[n+](cc1)Cc1ccc(cc1)C[n+]1ccc(cc1)-c1cc[n+](cc1)C2. The molecule has 552 valence electrons. The summed E-state index contributed by atoms with van der Waals surface area (Å²) < 4.78 is 185. The summed E-state index contributed by atoms with van der Waals surface area (Å²) in [6, 6.07) is 59.5. The number of fused-ring (bicyclic) bond motifs is 2. The molecule has 10 aromatic rings. The molecule has 0 spiro atoms. The molecule has 30 heteroatoms. The minimum atomic E-state index is -10.7. The molecular weight excluding hydrogens is 1530 g/mol. The Bertz CT molecular complexity index is 3790. The molecule has 0 atom stereocenters. The van der Waals surface area contributed by atoms with Gasteiger partial charge < -0.3 is 81.3 Å². The number of ether oxygens (including phenoxy) is 10. The number of pyridine rings is 4. The Labute approximate surface area is 602 Å². The smallest absolute Gasteiger partial charge is 0.173 e. The summed E-state index contributed by atoms with van der Waals surface area (Å²) in [4.78, 5) is 0. The van der Waals surface area contributed by atoms with E-state index in [0.717, 1.165) is 70.7 Å². The van der Waals surface area contributed by atoms with Crippen LogP contribution in [0.15, 0.2) is 219 Å². The molecule has 4 aromatic heterocycles. The van der Waals surface area contributed by atoms with Gasteiger partial charge in [0.1, 0.15) is 49.4 Å². The van der Waals surface area contributed by atoms with E-state index in [9.17, 15) is 50.4 Å². The van der Waals surface area contributed by atoms with E-state index in [0.29, 0.717) is 106 Å². The van der Waals surface area contributed by atoms with Crippen molar-refractivity contribution in [2.24, 2.45) is 0 Å². The molecule has 0 amide bonds. The number of benzene rings is 6. The van der Waals surface area contributed by atoms with Crippen LogP contribution in [0.2, 0.25) is 0 Å². The van der Waals surface area contributed by atoms with Crippen LogP contribution in [-0.2, 0) is 54.6 Å². The van der Waals surface area contributed by atoms with Crippen LogP contribution in [0.25, 0.3) is 43.8 Å². The fourth-order valence-corrected chi connectivity index (χ4v) is 10.1. The summed E-state index contributed by atoms with van der Waals surface area (Å²) in [6.45, 7) is 11.1. The zero-order valence-electron chi connectivity index (χ0n) is 55.0. The Morgan fingerprint density at radius 2 is 0.392 bits per heavy atom. The Morgan fingerprint density at radius 3 is 0.598 bits per heavy atom. The number of aromatic nitrogens is 4. The van der Waals surface area contributed by atoms with E-state index in [2.05, 4.69) is 165 Å². The maximum atomic E-state index is 9.87. The maximum Gasteiger partial charge on any atom is 0.173 e. The molecule has 0 saturated carbocycles. The summed E-state index contributed by atoms with van der Waals surface area (Å²) in [6.07, 6.45) is 17.4. The average Bonchev–Trinajstić information content (AvgIpc) is 0.796. The largest absolute Gasteiger partial charge is 1.00 e. The van der Waals surface area contributed by atoms with Crippen LogP contribution < -0.4 is 71.2 Å². The standard InChI is InChI=1S/C36H32N4.C36H44O10.2BrH.2F6P/c1-2-30-4-3-29(1)25-37-17-9-33(10-18-37)35-13-21-39(22-14-35)27-31-5-7-32(8-6-31)28-40-23-15-36(16-24-40)34-11-19-38(26-30)20-12-34;1-5-35-27-32-28-36(6-2-29(1)32)46-24-20-42-16-12-38-10-14-40-18-22-44-34-8-4-30-25-33(7-3-31(30)26-34)43-21-17-39-13-9-37-11-15-41-19-23-45-35;;;2*1-7(2,3,4,5)6/h1-24H,25-28H2;1-8,25-28H,9-24H2;2*1H;;/q+4;;;;2*-1/p-2. The average molecular weight is 1610 g/mol. The first-order valence-corrected chi connectivity index (χ1v) is 35.8. The van der Waals surface area contributed by atoms with E-state index in [-0.39, 0.29) is 34.0 Å². The molecule has 6 aromatic carbocycles. The molecule has 23 heterocycles. The van der Waals surface area contributed by atoms with E-state index < -0.39 is 15.6 Å². The molecule has 0 radical (unpaired) electrons. The van der Waals surface area contributed by atoms with Crippen molar-refractivity contribution in [3.63, 3.8) is 0 Å². The molecule has 19 bridgehead atoms. The van der Waals surface area contributed by atoms with Crippen LogP contribution in [0, 0.1) is 0 Å². The normalized spacial score (nSPS) is 16.3. The third-order valence-electron chi connectivity index (χ3n) is 14.8. The summed E-state index contributed by atoms with van der Waals surface area (Å²) >= 11 is 0. The van der Waals surface area contributed by atoms with Gasteiger partial charge in [-0.1, -0.05) is 72.8 Å². The van der Waals surface area contributed by atoms with Crippen LogP contribution in [-0.4, -0.2) is 106 Å². The first-order chi connectivity index (χ1) is 47.5. The van der Waals surface area contributed by atoms with Crippen LogP contribution in [0.1, 0.15) is 22.3 Å². The van der Waals surface area contributed by atoms with Gasteiger partial charge in [-0.2, -0.15) is 0 Å². The van der Waals surface area contributed by atoms with E-state index in [4.69, 9.17) is 47.4 Å². The van der Waals surface area contributed by atoms with Crippen molar-refractivity contribution < 1.29 is 150 Å². The summed E-state index contributed by atoms with van der Waals surface area (Å²) in [5, 5.41) is 4.31. The third kappa shape index (κ3) is 33.2. The first kappa shape index (κ1) is 81.7. The Kier molecular flexibility index (Phi) is 29.0. The van der Waals surface area contributed by atoms with Crippen molar-refractivity contribution in [1.82, 2.24) is 0 Å². The van der Waals surface area contributed by atoms with Gasteiger partial charge in [-0.25, -0.2) is 18.3 Å². The van der Waals surface area contributed by atoms with Crippen molar-refractivity contribution in [1.29, 1.82) is 0 Å². The van der Waals surface area contributed by atoms with Crippen molar-refractivity contribution in [3.05, 3.63) is 242 Å². The van der Waals surface area contributed by atoms with Crippen LogP contribution in [0.5, 0.6) is 23.0 Å². The molecular formula is C72H76Br2F12N4O10P2. The van der Waals surface area contributed by atoms with Gasteiger partial charge >= 0.3 is 66.0 Å². The first-order valence-electron chi connectivity index (χ1n) is 31.8. The molecule has 0 fully saturated rings. The predicted molar refractivity (Wildman–Crippen MR) is 356 cm³/mol. The summed E-state index contributed by atoms with van der Waals surface area (Å²) in [7, 11) is -21.3. The molecule has 14 nitrogen and oxygen atoms in total. The van der Waals surface area contributed by atoms with Crippen LogP contribution in [0.4, 0.5) is 50.4 Å². The van der Waals surface area contributed by atoms with Crippen LogP contribution >= 0.6 is 15.6 Å². The summed E-state index contributed by atoms with van der Waals surface area (Å²) in [5.41, 5.74) is 10.1. The number of halogens is 14. The fraction of sp³-hybridized carbons (Fsp3) is 0.278. The van der Waals surface area contributed by atoms with E-state index in [1.165, 1.54) is 44.5 Å². The van der Waals surface area contributed by atoms with Crippen molar-refractivity contribution in [3.8, 4) is 45.3 Å². The van der Waals surface area contributed by atoms with E-state index in [1.54, 1.807) is 0 Å². The number of nitrogens with zero attached hydrogens (tertiary/aromatic N) is 4. The number of hydrogen-bond acceptors (Lipinski definition) is 10. The molecule has 19 aliphatic heterocycles. The second kappa shape index (κ2) is 36.2. The molecule has 29 rings (SSSR count). The van der Waals surface area contributed by atoms with Gasteiger partial charge in [-0.3, -0.25) is 0 Å². The van der Waals surface area contributed by atoms with Gasteiger partial charge in [0.15, 0.2) is 75.8 Å². The molecule has 0 aliphatic carbocycles. The van der Waals surface area contributed by atoms with E-state index in [1.807, 2.05) is 72.8 Å². The Balaban J connectivity index is 0.000000238. The Hall–Kier alpha value is -7.62. The zero-order chi connectivity index (χ0) is 71.0. The third-order valence-corrected chi connectivity index (χ3v) is 14.8. The Morgan fingerprint density at radius 1 is 0.216 bits per heavy atom. The number of rotatable bonds is 0. The molecule has 19 aliphatic rings. The zero-order valence-corrected chi connectivity index (χ0v) is 59.9. The van der Waals surface area contributed by atoms with Gasteiger partial charge in [-0.05, 0) is 92.3 Å². The topological polar surface area (TPSA) is 108 Å². The fourth-order valence-electron chi connectivity index (χ4n) is 10.1. The van der Waals surface area contributed by atoms with Gasteiger partial charge in [-0.15, -0.1) is 0 Å². The monoisotopic (exact) mass is 1600 g/mol. The van der Waals surface area contributed by atoms with Gasteiger partial charge in [0.25, 0.3) is 0 Å². The summed E-state index contributed by atoms with van der Waals surface area (Å²) in [5.74, 6) is 3.16. The second-order valence-electron chi connectivity index (χ2n) is 23.0. The molecule has 102 heavy (non-hydrogen) atoms. The maximum absolute atomic E-state index is 10.7. The second-order valence-corrected chi connectivity index (χ2v) is 26.8. The van der Waals surface area contributed by atoms with Gasteiger partial charge in [0.05, 0.1) is 79.3 Å². The van der Waals surface area contributed by atoms with Gasteiger partial charge in [0.2, 0.25) is 0 Å². The van der Waals surface area contributed by atoms with Crippen molar-refractivity contribution in [2.75, 3.05) is 106 Å². The van der Waals surface area contributed by atoms with Crippen molar-refractivity contribution in [2.45, 2.75) is 26.2 Å². The number of hydrogen-bond donors (Lipinski definition) is 0. The predicted octanol–water partition coefficient (Wildman–Crippen LogP) is 10.8. The minimum Gasteiger partial charge on any atom is -1.00 e. The van der Waals surface area contributed by atoms with E-state index >= 15 is 0 Å². The molecule has 0 N–H and O–H groups in total. The molecule has 0 unspecified atom stereocenters. The minimum absolute atomic E-state index is 0. The quantitative estimate of drug-likeness (QED) is 0.0827.